The van der Waals surface area contributed by atoms with Crippen molar-refractivity contribution in [2.24, 2.45) is 5.92 Å². The molecule has 0 saturated heterocycles. The molecule has 0 unspecified atom stereocenters. The van der Waals surface area contributed by atoms with Gasteiger partial charge in [-0.2, -0.15) is 0 Å². The molecule has 1 aliphatic carbocycles. The first kappa shape index (κ1) is 24.8. The number of halogens is 2. The van der Waals surface area contributed by atoms with Crippen LogP contribution in [0.2, 0.25) is 0 Å². The summed E-state index contributed by atoms with van der Waals surface area (Å²) in [7, 11) is 3.29. The summed E-state index contributed by atoms with van der Waals surface area (Å²) in [5, 5.41) is 30.5. The van der Waals surface area contributed by atoms with Gasteiger partial charge in [0.1, 0.15) is 22.3 Å². The van der Waals surface area contributed by atoms with Crippen molar-refractivity contribution in [1.29, 1.82) is 0 Å². The van der Waals surface area contributed by atoms with Crippen LogP contribution in [0.3, 0.4) is 0 Å². The van der Waals surface area contributed by atoms with E-state index < -0.39 is 46.3 Å². The lowest BCUT2D eigenvalue weighted by molar-refractivity contribution is -0.143. The Morgan fingerprint density at radius 1 is 1.19 bits per heavy atom. The van der Waals surface area contributed by atoms with E-state index >= 15 is 0 Å². The molecule has 1 spiro atoms. The van der Waals surface area contributed by atoms with Gasteiger partial charge in [-0.3, -0.25) is 24.1 Å². The molecule has 194 valence electrons. The first-order chi connectivity index (χ1) is 17.5. The van der Waals surface area contributed by atoms with E-state index in [-0.39, 0.29) is 28.2 Å². The number of hydrogen-bond donors (Lipinski definition) is 2. The molecule has 10 nitrogen and oxygen atoms in total. The maximum absolute atomic E-state index is 14.1. The molecule has 0 bridgehead atoms. The summed E-state index contributed by atoms with van der Waals surface area (Å²) in [6.45, 7) is 0. The van der Waals surface area contributed by atoms with E-state index in [1.165, 1.54) is 21.8 Å². The lowest BCUT2D eigenvalue weighted by Crippen LogP contribution is -2.69. The van der Waals surface area contributed by atoms with Crippen LogP contribution in [-0.4, -0.2) is 61.6 Å². The van der Waals surface area contributed by atoms with Crippen molar-refractivity contribution < 1.29 is 28.6 Å². The molecule has 1 amide bonds. The number of aliphatic carboxylic acids is 1. The number of aromatic nitrogens is 3. The molecule has 0 radical (unpaired) electrons. The fourth-order valence-electron chi connectivity index (χ4n) is 5.19. The third-order valence-corrected chi connectivity index (χ3v) is 8.37. The lowest BCUT2D eigenvalue weighted by Gasteiger charge is -2.55. The highest BCUT2D eigenvalue weighted by atomic mass is 32.1. The topological polar surface area (TPSA) is 129 Å². The predicted molar refractivity (Wildman–Crippen MR) is 129 cm³/mol. The Kier molecular flexibility index (Phi) is 5.97. The van der Waals surface area contributed by atoms with Crippen molar-refractivity contribution in [2.75, 3.05) is 19.1 Å². The monoisotopic (exact) mass is 531 g/mol. The van der Waals surface area contributed by atoms with Crippen LogP contribution in [0.15, 0.2) is 29.2 Å². The second kappa shape index (κ2) is 8.91. The number of benzene rings is 1. The molecule has 37 heavy (non-hydrogen) atoms. The summed E-state index contributed by atoms with van der Waals surface area (Å²) in [5.74, 6) is -4.10. The van der Waals surface area contributed by atoms with Crippen molar-refractivity contribution in [3.63, 3.8) is 0 Å². The minimum atomic E-state index is -0.876. The molecular weight excluding hydrogens is 508 g/mol. The molecule has 1 aromatic carbocycles. The number of nitrogens with zero attached hydrogens (tertiary/aromatic N) is 5. The van der Waals surface area contributed by atoms with Gasteiger partial charge in [0.2, 0.25) is 5.43 Å². The number of carbonyl (C=O) groups excluding carboxylic acids is 1. The number of pyridine rings is 1. The molecule has 13 heteroatoms. The van der Waals surface area contributed by atoms with Crippen LogP contribution < -0.4 is 10.4 Å². The zero-order valence-electron chi connectivity index (χ0n) is 19.9. The van der Waals surface area contributed by atoms with Crippen LogP contribution in [0.5, 0.6) is 5.75 Å². The second-order valence-corrected chi connectivity index (χ2v) is 10.4. The third-order valence-electron chi connectivity index (χ3n) is 7.41. The van der Waals surface area contributed by atoms with Crippen molar-refractivity contribution in [2.45, 2.75) is 37.8 Å². The van der Waals surface area contributed by atoms with E-state index in [1.807, 2.05) is 0 Å². The van der Waals surface area contributed by atoms with Crippen molar-refractivity contribution >= 4 is 23.2 Å². The first-order valence-corrected chi connectivity index (χ1v) is 12.4. The van der Waals surface area contributed by atoms with Gasteiger partial charge in [-0.15, -0.1) is 10.2 Å². The first-order valence-electron chi connectivity index (χ1n) is 11.5. The maximum Gasteiger partial charge on any atom is 0.306 e. The SMILES string of the molecule is CN1C(=O)c2c(O)c(=O)c(-c3nnc(Cc4ccc(F)cc4F)s3)cn2N(C)C12CCC(C(=O)O)CC2. The minimum absolute atomic E-state index is 0.00292. The molecule has 3 aromatic rings. The molecule has 1 fully saturated rings. The van der Waals surface area contributed by atoms with Crippen LogP contribution in [-0.2, 0) is 11.2 Å². The number of carboxylic acid groups (broad SMARTS) is 1. The molecule has 2 aromatic heterocycles. The number of aromatic hydroxyl groups is 1. The predicted octanol–water partition coefficient (Wildman–Crippen LogP) is 2.57. The summed E-state index contributed by atoms with van der Waals surface area (Å²) in [6.07, 6.45) is 2.94. The smallest absolute Gasteiger partial charge is 0.306 e. The van der Waals surface area contributed by atoms with Gasteiger partial charge < -0.3 is 15.1 Å². The van der Waals surface area contributed by atoms with Crippen molar-refractivity contribution in [3.8, 4) is 16.3 Å². The van der Waals surface area contributed by atoms with Gasteiger partial charge in [-0.05, 0) is 37.3 Å². The average molecular weight is 532 g/mol. The standard InChI is InChI=1S/C24H23F2N5O5S/c1-29-22(34)18-20(33)19(32)15(11-31(18)30(2)24(29)7-5-12(6-8-24)23(35)36)21-28-27-17(37-21)9-13-3-4-14(25)10-16(13)26/h3-4,10-12,33H,5-9H2,1-2H3,(H,35,36). The van der Waals surface area contributed by atoms with Crippen LogP contribution in [0.1, 0.15) is 46.7 Å². The van der Waals surface area contributed by atoms with Gasteiger partial charge in [0.25, 0.3) is 5.91 Å². The van der Waals surface area contributed by atoms with E-state index in [4.69, 9.17) is 0 Å². The Morgan fingerprint density at radius 3 is 2.54 bits per heavy atom. The Labute approximate surface area is 213 Å². The molecule has 1 saturated carbocycles. The zero-order chi connectivity index (χ0) is 26.6. The number of carboxylic acids is 1. The lowest BCUT2D eigenvalue weighted by atomic mass is 9.80. The van der Waals surface area contributed by atoms with Gasteiger partial charge in [-0.1, -0.05) is 17.4 Å². The Morgan fingerprint density at radius 2 is 1.89 bits per heavy atom. The molecular formula is C24H23F2N5O5S. The molecule has 2 aliphatic rings. The number of amides is 1. The van der Waals surface area contributed by atoms with Crippen LogP contribution in [0.25, 0.3) is 10.6 Å². The number of hydrogen-bond acceptors (Lipinski definition) is 8. The zero-order valence-corrected chi connectivity index (χ0v) is 20.8. The Hall–Kier alpha value is -3.87. The quantitative estimate of drug-likeness (QED) is 0.526. The summed E-state index contributed by atoms with van der Waals surface area (Å²) in [6, 6.07) is 3.22. The van der Waals surface area contributed by atoms with E-state index in [0.717, 1.165) is 23.5 Å². The van der Waals surface area contributed by atoms with Crippen LogP contribution >= 0.6 is 11.3 Å². The summed E-state index contributed by atoms with van der Waals surface area (Å²) >= 11 is 1.01. The summed E-state index contributed by atoms with van der Waals surface area (Å²) in [4.78, 5) is 39.3. The molecule has 0 atom stereocenters. The van der Waals surface area contributed by atoms with Gasteiger partial charge in [0.15, 0.2) is 16.5 Å². The molecule has 5 rings (SSSR count). The Bertz CT molecular complexity index is 1480. The van der Waals surface area contributed by atoms with Gasteiger partial charge in [0.05, 0.1) is 11.5 Å². The van der Waals surface area contributed by atoms with Crippen molar-refractivity contribution in [1.82, 2.24) is 19.8 Å². The van der Waals surface area contributed by atoms with E-state index in [1.54, 1.807) is 19.1 Å². The number of rotatable bonds is 4. The van der Waals surface area contributed by atoms with Gasteiger partial charge in [0, 0.05) is 32.8 Å². The molecule has 3 heterocycles. The van der Waals surface area contributed by atoms with E-state index in [9.17, 15) is 33.4 Å². The Balaban J connectivity index is 1.52. The van der Waals surface area contributed by atoms with Gasteiger partial charge in [-0.25, -0.2) is 8.78 Å². The van der Waals surface area contributed by atoms with Crippen LogP contribution in [0, 0.1) is 17.6 Å². The number of fused-ring (bicyclic) bond motifs is 1. The number of carbonyl (C=O) groups is 2. The minimum Gasteiger partial charge on any atom is -0.502 e. The highest BCUT2D eigenvalue weighted by Crippen LogP contribution is 2.41. The fraction of sp³-hybridized carbons (Fsp3) is 0.375. The fourth-order valence-corrected chi connectivity index (χ4v) is 6.06. The van der Waals surface area contributed by atoms with Crippen molar-refractivity contribution in [3.05, 3.63) is 62.5 Å². The van der Waals surface area contributed by atoms with Gasteiger partial charge >= 0.3 is 5.97 Å². The average Bonchev–Trinajstić information content (AvgIpc) is 3.33. The highest BCUT2D eigenvalue weighted by molar-refractivity contribution is 7.14. The summed E-state index contributed by atoms with van der Waals surface area (Å²) < 4.78 is 28.7. The maximum atomic E-state index is 14.1. The third kappa shape index (κ3) is 3.93. The van der Waals surface area contributed by atoms with E-state index in [2.05, 4.69) is 10.2 Å². The highest BCUT2D eigenvalue weighted by Gasteiger charge is 2.50. The van der Waals surface area contributed by atoms with E-state index in [0.29, 0.717) is 30.7 Å². The molecule has 2 N–H and O–H groups in total. The molecule has 1 aliphatic heterocycles. The summed E-state index contributed by atoms with van der Waals surface area (Å²) in [5.41, 5.74) is -1.64. The largest absolute Gasteiger partial charge is 0.502 e. The second-order valence-electron chi connectivity index (χ2n) is 9.31. The normalized spacial score (nSPS) is 21.4. The van der Waals surface area contributed by atoms with Crippen LogP contribution in [0.4, 0.5) is 8.78 Å².